The lowest BCUT2D eigenvalue weighted by atomic mass is 10.1. The smallest absolute Gasteiger partial charge is 0.231 e. The highest BCUT2D eigenvalue weighted by molar-refractivity contribution is 6.02. The second-order valence-corrected chi connectivity index (χ2v) is 4.86. The van der Waals surface area contributed by atoms with Crippen LogP contribution in [0.2, 0.25) is 0 Å². The Balaban J connectivity index is 2.19. The second-order valence-electron chi connectivity index (χ2n) is 4.86. The van der Waals surface area contributed by atoms with Crippen LogP contribution in [-0.4, -0.2) is 22.9 Å². The lowest BCUT2D eigenvalue weighted by Gasteiger charge is -2.31. The van der Waals surface area contributed by atoms with Gasteiger partial charge in [0.2, 0.25) is 11.8 Å². The zero-order chi connectivity index (χ0) is 13.1. The van der Waals surface area contributed by atoms with Crippen molar-refractivity contribution in [1.82, 2.24) is 4.90 Å². The van der Waals surface area contributed by atoms with Crippen LogP contribution >= 0.6 is 0 Å². The number of carbonyl (C=O) groups is 2. The zero-order valence-corrected chi connectivity index (χ0v) is 10.7. The Bertz CT molecular complexity index is 426. The Labute approximate surface area is 107 Å². The summed E-state index contributed by atoms with van der Waals surface area (Å²) >= 11 is 0. The van der Waals surface area contributed by atoms with Gasteiger partial charge in [-0.25, -0.2) is 0 Å². The fourth-order valence-electron chi connectivity index (χ4n) is 2.14. The fourth-order valence-corrected chi connectivity index (χ4v) is 2.14. The number of imide groups is 1. The van der Waals surface area contributed by atoms with Gasteiger partial charge in [0.15, 0.2) is 0 Å². The van der Waals surface area contributed by atoms with E-state index in [0.29, 0.717) is 12.8 Å². The van der Waals surface area contributed by atoms with E-state index in [4.69, 9.17) is 0 Å². The molecule has 1 N–H and O–H groups in total. The number of rotatable bonds is 4. The van der Waals surface area contributed by atoms with Gasteiger partial charge in [-0.05, 0) is 18.1 Å². The molecule has 0 aliphatic carbocycles. The van der Waals surface area contributed by atoms with Gasteiger partial charge in [0, 0.05) is 18.5 Å². The first kappa shape index (κ1) is 12.6. The molecule has 2 amide bonds. The number of hydrogen-bond donors (Lipinski definition) is 1. The van der Waals surface area contributed by atoms with Crippen molar-refractivity contribution >= 4 is 17.5 Å². The third kappa shape index (κ3) is 2.53. The average Bonchev–Trinajstić information content (AvgIpc) is 2.67. The first-order chi connectivity index (χ1) is 8.59. The molecule has 96 valence electrons. The third-order valence-corrected chi connectivity index (χ3v) is 3.09. The van der Waals surface area contributed by atoms with E-state index in [9.17, 15) is 9.59 Å². The summed E-state index contributed by atoms with van der Waals surface area (Å²) < 4.78 is 0. The maximum Gasteiger partial charge on any atom is 0.231 e. The number of nitrogens with one attached hydrogen (secondary N) is 1. The van der Waals surface area contributed by atoms with Gasteiger partial charge in [0.1, 0.15) is 6.17 Å². The van der Waals surface area contributed by atoms with Crippen molar-refractivity contribution < 1.29 is 9.59 Å². The van der Waals surface area contributed by atoms with E-state index in [2.05, 4.69) is 5.32 Å². The van der Waals surface area contributed by atoms with E-state index in [1.54, 1.807) is 0 Å². The maximum absolute atomic E-state index is 11.8. The first-order valence-corrected chi connectivity index (χ1v) is 6.26. The Morgan fingerprint density at radius 2 is 1.61 bits per heavy atom. The summed E-state index contributed by atoms with van der Waals surface area (Å²) in [6, 6.07) is 9.64. The van der Waals surface area contributed by atoms with E-state index in [1.165, 1.54) is 4.90 Å². The van der Waals surface area contributed by atoms with Crippen LogP contribution in [0.4, 0.5) is 5.69 Å². The summed E-state index contributed by atoms with van der Waals surface area (Å²) in [4.78, 5) is 24.9. The van der Waals surface area contributed by atoms with Crippen molar-refractivity contribution in [1.29, 1.82) is 0 Å². The molecule has 0 bridgehead atoms. The number of carbonyl (C=O) groups excluding carboxylic acids is 2. The molecule has 1 heterocycles. The largest absolute Gasteiger partial charge is 0.365 e. The van der Waals surface area contributed by atoms with Crippen LogP contribution in [0.1, 0.15) is 26.7 Å². The van der Waals surface area contributed by atoms with E-state index >= 15 is 0 Å². The summed E-state index contributed by atoms with van der Waals surface area (Å²) in [6.07, 6.45) is 0.395. The van der Waals surface area contributed by atoms with Crippen LogP contribution in [-0.2, 0) is 9.59 Å². The molecule has 0 radical (unpaired) electrons. The van der Waals surface area contributed by atoms with Crippen LogP contribution in [0.3, 0.4) is 0 Å². The molecule has 1 saturated heterocycles. The van der Waals surface area contributed by atoms with Crippen molar-refractivity contribution in [3.63, 3.8) is 0 Å². The van der Waals surface area contributed by atoms with Gasteiger partial charge in [-0.2, -0.15) is 0 Å². The molecule has 4 heteroatoms. The topological polar surface area (TPSA) is 49.4 Å². The number of likely N-dealkylation sites (tertiary alicyclic amines) is 1. The molecular weight excluding hydrogens is 228 g/mol. The zero-order valence-electron chi connectivity index (χ0n) is 10.7. The molecule has 18 heavy (non-hydrogen) atoms. The first-order valence-electron chi connectivity index (χ1n) is 6.26. The van der Waals surface area contributed by atoms with Crippen molar-refractivity contribution in [3.05, 3.63) is 30.3 Å². The molecule has 2 rings (SSSR count). The van der Waals surface area contributed by atoms with Crippen LogP contribution in [0.25, 0.3) is 0 Å². The molecule has 4 nitrogen and oxygen atoms in total. The average molecular weight is 246 g/mol. The van der Waals surface area contributed by atoms with Crippen molar-refractivity contribution in [2.45, 2.75) is 32.9 Å². The molecule has 1 aromatic rings. The molecule has 1 atom stereocenters. The standard InChI is InChI=1S/C14H18N2O2/c1-10(2)14(15-11-6-4-3-5-7-11)16-12(17)8-9-13(16)18/h3-7,10,14-15H,8-9H2,1-2H3/t14-/m1/s1. The summed E-state index contributed by atoms with van der Waals surface area (Å²) in [5.41, 5.74) is 0.920. The van der Waals surface area contributed by atoms with Gasteiger partial charge in [0.25, 0.3) is 0 Å². The van der Waals surface area contributed by atoms with Gasteiger partial charge in [-0.1, -0.05) is 32.0 Å². The second kappa shape index (κ2) is 5.21. The quantitative estimate of drug-likeness (QED) is 0.829. The predicted octanol–water partition coefficient (Wildman–Crippen LogP) is 2.23. The Hall–Kier alpha value is -1.84. The van der Waals surface area contributed by atoms with Gasteiger partial charge < -0.3 is 5.32 Å². The molecule has 1 fully saturated rings. The number of para-hydroxylation sites is 1. The number of nitrogens with zero attached hydrogens (tertiary/aromatic N) is 1. The van der Waals surface area contributed by atoms with Gasteiger partial charge in [-0.15, -0.1) is 0 Å². The summed E-state index contributed by atoms with van der Waals surface area (Å²) in [5, 5.41) is 3.27. The van der Waals surface area contributed by atoms with E-state index in [0.717, 1.165) is 5.69 Å². The van der Waals surface area contributed by atoms with Crippen molar-refractivity contribution in [2.75, 3.05) is 5.32 Å². The summed E-state index contributed by atoms with van der Waals surface area (Å²) in [6.45, 7) is 4.00. The highest BCUT2D eigenvalue weighted by Gasteiger charge is 2.36. The van der Waals surface area contributed by atoms with E-state index in [1.807, 2.05) is 44.2 Å². The van der Waals surface area contributed by atoms with E-state index in [-0.39, 0.29) is 23.9 Å². The summed E-state index contributed by atoms with van der Waals surface area (Å²) in [5.74, 6) is 0.000434. The number of hydrogen-bond acceptors (Lipinski definition) is 3. The minimum Gasteiger partial charge on any atom is -0.365 e. The van der Waals surface area contributed by atoms with Crippen LogP contribution < -0.4 is 5.32 Å². The number of amides is 2. The van der Waals surface area contributed by atoms with E-state index < -0.39 is 0 Å². The molecule has 0 unspecified atom stereocenters. The molecule has 1 aliphatic heterocycles. The molecule has 0 saturated carbocycles. The summed E-state index contributed by atoms with van der Waals surface area (Å²) in [7, 11) is 0. The van der Waals surface area contributed by atoms with Gasteiger partial charge in [0.05, 0.1) is 0 Å². The maximum atomic E-state index is 11.8. The Kier molecular flexibility index (Phi) is 3.65. The SMILES string of the molecule is CC(C)[C@H](Nc1ccccc1)N1C(=O)CCC1=O. The minimum atomic E-state index is -0.269. The molecule has 0 aromatic heterocycles. The van der Waals surface area contributed by atoms with Crippen LogP contribution in [0, 0.1) is 5.92 Å². The number of anilines is 1. The van der Waals surface area contributed by atoms with Crippen LogP contribution in [0.15, 0.2) is 30.3 Å². The van der Waals surface area contributed by atoms with Crippen molar-refractivity contribution in [3.8, 4) is 0 Å². The highest BCUT2D eigenvalue weighted by Crippen LogP contribution is 2.22. The lowest BCUT2D eigenvalue weighted by Crippen LogP contribution is -2.47. The normalized spacial score (nSPS) is 17.4. The highest BCUT2D eigenvalue weighted by atomic mass is 16.2. The Morgan fingerprint density at radius 3 is 2.11 bits per heavy atom. The van der Waals surface area contributed by atoms with Crippen molar-refractivity contribution in [2.24, 2.45) is 5.92 Å². The predicted molar refractivity (Wildman–Crippen MR) is 69.8 cm³/mol. The minimum absolute atomic E-state index is 0.0814. The lowest BCUT2D eigenvalue weighted by molar-refractivity contribution is -0.141. The monoisotopic (exact) mass is 246 g/mol. The molecular formula is C14H18N2O2. The number of benzene rings is 1. The molecule has 0 spiro atoms. The van der Waals surface area contributed by atoms with Crippen LogP contribution in [0.5, 0.6) is 0 Å². The molecule has 1 aliphatic rings. The van der Waals surface area contributed by atoms with Gasteiger partial charge >= 0.3 is 0 Å². The Morgan fingerprint density at radius 1 is 1.06 bits per heavy atom. The van der Waals surface area contributed by atoms with Gasteiger partial charge in [-0.3, -0.25) is 14.5 Å². The fraction of sp³-hybridized carbons (Fsp3) is 0.429. The molecule has 1 aromatic carbocycles. The third-order valence-electron chi connectivity index (χ3n) is 3.09.